The lowest BCUT2D eigenvalue weighted by Crippen LogP contribution is -2.36. The summed E-state index contributed by atoms with van der Waals surface area (Å²) in [6.45, 7) is 3.11. The Morgan fingerprint density at radius 1 is 1.00 bits per heavy atom. The summed E-state index contributed by atoms with van der Waals surface area (Å²) in [4.78, 5) is 2.24. The highest BCUT2D eigenvalue weighted by Gasteiger charge is 2.33. The molecule has 0 unspecified atom stereocenters. The molecule has 1 heterocycles. The molecule has 0 bridgehead atoms. The topological polar surface area (TPSA) is 59.8 Å². The summed E-state index contributed by atoms with van der Waals surface area (Å²) < 4.78 is 28.2. The molecule has 36 heavy (non-hydrogen) atoms. The second-order valence-corrected chi connectivity index (χ2v) is 9.09. The van der Waals surface area contributed by atoms with Gasteiger partial charge in [-0.2, -0.15) is 5.10 Å². The van der Waals surface area contributed by atoms with Gasteiger partial charge in [0, 0.05) is 19.1 Å². The van der Waals surface area contributed by atoms with Gasteiger partial charge in [-0.05, 0) is 56.2 Å². The summed E-state index contributed by atoms with van der Waals surface area (Å²) in [5, 5.41) is 15.5. The summed E-state index contributed by atoms with van der Waals surface area (Å²) in [6, 6.07) is 25.9. The molecule has 0 radical (unpaired) electrons. The van der Waals surface area contributed by atoms with Gasteiger partial charge in [-0.1, -0.05) is 48.5 Å². The molecule has 1 aliphatic rings. The molecule has 1 aliphatic carbocycles. The number of aromatic nitrogens is 2. The molecular formula is C29H30FN3O3. The van der Waals surface area contributed by atoms with Crippen LogP contribution in [0.4, 0.5) is 4.39 Å². The normalized spacial score (nSPS) is 14.1. The number of aliphatic hydroxyl groups is 1. The molecule has 0 saturated heterocycles. The van der Waals surface area contributed by atoms with Crippen LogP contribution in [-0.4, -0.2) is 45.1 Å². The third kappa shape index (κ3) is 5.75. The Morgan fingerprint density at radius 3 is 2.36 bits per heavy atom. The van der Waals surface area contributed by atoms with E-state index in [9.17, 15) is 9.50 Å². The number of ether oxygens (including phenoxy) is 2. The van der Waals surface area contributed by atoms with Gasteiger partial charge in [-0.25, -0.2) is 9.07 Å². The van der Waals surface area contributed by atoms with Gasteiger partial charge in [-0.15, -0.1) is 0 Å². The van der Waals surface area contributed by atoms with Crippen LogP contribution >= 0.6 is 0 Å². The molecule has 6 nitrogen and oxygen atoms in total. The van der Waals surface area contributed by atoms with Gasteiger partial charge < -0.3 is 14.6 Å². The predicted molar refractivity (Wildman–Crippen MR) is 136 cm³/mol. The Labute approximate surface area is 210 Å². The average Bonchev–Trinajstić information content (AvgIpc) is 3.71. The van der Waals surface area contributed by atoms with Gasteiger partial charge in [0.15, 0.2) is 11.6 Å². The monoisotopic (exact) mass is 487 g/mol. The van der Waals surface area contributed by atoms with Crippen molar-refractivity contribution in [3.63, 3.8) is 0 Å². The number of benzene rings is 3. The number of aliphatic hydroxyl groups excluding tert-OH is 1. The molecule has 1 N–H and O–H groups in total. The molecule has 1 saturated carbocycles. The van der Waals surface area contributed by atoms with Crippen LogP contribution in [0, 0.1) is 12.7 Å². The maximum absolute atomic E-state index is 14.5. The van der Waals surface area contributed by atoms with Gasteiger partial charge in [0.2, 0.25) is 5.88 Å². The molecule has 3 aromatic carbocycles. The molecule has 4 aromatic rings. The van der Waals surface area contributed by atoms with Gasteiger partial charge in [0.1, 0.15) is 18.5 Å². The molecule has 5 rings (SSSR count). The van der Waals surface area contributed by atoms with E-state index >= 15 is 0 Å². The maximum Gasteiger partial charge on any atom is 0.227 e. The van der Waals surface area contributed by atoms with E-state index in [2.05, 4.69) is 4.90 Å². The lowest BCUT2D eigenvalue weighted by Gasteiger charge is -2.25. The van der Waals surface area contributed by atoms with Crippen molar-refractivity contribution in [3.05, 3.63) is 102 Å². The number of aryl methyl sites for hydroxylation is 1. The number of para-hydroxylation sites is 3. The Kier molecular flexibility index (Phi) is 7.30. The quantitative estimate of drug-likeness (QED) is 0.302. The lowest BCUT2D eigenvalue weighted by atomic mass is 10.2. The summed E-state index contributed by atoms with van der Waals surface area (Å²) in [7, 11) is 0. The van der Waals surface area contributed by atoms with Crippen LogP contribution in [0.5, 0.6) is 17.4 Å². The zero-order valence-corrected chi connectivity index (χ0v) is 20.3. The van der Waals surface area contributed by atoms with Crippen molar-refractivity contribution >= 4 is 0 Å². The molecule has 0 amide bonds. The number of rotatable bonds is 11. The number of hydrogen-bond donors (Lipinski definition) is 1. The second-order valence-electron chi connectivity index (χ2n) is 9.09. The molecule has 0 aliphatic heterocycles. The van der Waals surface area contributed by atoms with E-state index in [-0.39, 0.29) is 12.4 Å². The van der Waals surface area contributed by atoms with E-state index in [4.69, 9.17) is 14.6 Å². The highest BCUT2D eigenvalue weighted by Crippen LogP contribution is 2.35. The Balaban J connectivity index is 1.39. The van der Waals surface area contributed by atoms with Crippen molar-refractivity contribution in [2.45, 2.75) is 38.5 Å². The molecule has 1 aromatic heterocycles. The number of halogens is 1. The van der Waals surface area contributed by atoms with Crippen molar-refractivity contribution in [2.75, 3.05) is 13.2 Å². The van der Waals surface area contributed by atoms with Crippen LogP contribution in [0.2, 0.25) is 0 Å². The van der Waals surface area contributed by atoms with Gasteiger partial charge in [-0.3, -0.25) is 4.90 Å². The van der Waals surface area contributed by atoms with E-state index in [1.54, 1.807) is 22.9 Å². The van der Waals surface area contributed by atoms with Gasteiger partial charge >= 0.3 is 0 Å². The van der Waals surface area contributed by atoms with Gasteiger partial charge in [0.25, 0.3) is 0 Å². The molecule has 1 atom stereocenters. The Morgan fingerprint density at radius 2 is 1.67 bits per heavy atom. The first-order chi connectivity index (χ1) is 17.6. The van der Waals surface area contributed by atoms with Crippen molar-refractivity contribution in [1.29, 1.82) is 0 Å². The third-order valence-electron chi connectivity index (χ3n) is 6.24. The fraction of sp³-hybridized carbons (Fsp3) is 0.276. The van der Waals surface area contributed by atoms with E-state index in [0.29, 0.717) is 25.0 Å². The first-order valence-corrected chi connectivity index (χ1v) is 12.2. The van der Waals surface area contributed by atoms with E-state index in [0.717, 1.165) is 35.5 Å². The van der Waals surface area contributed by atoms with Crippen LogP contribution in [0.25, 0.3) is 5.69 Å². The minimum Gasteiger partial charge on any atom is -0.491 e. The smallest absolute Gasteiger partial charge is 0.227 e. The summed E-state index contributed by atoms with van der Waals surface area (Å²) >= 11 is 0. The Bertz CT molecular complexity index is 1280. The summed E-state index contributed by atoms with van der Waals surface area (Å²) in [6.07, 6.45) is 1.48. The minimum absolute atomic E-state index is 0.144. The van der Waals surface area contributed by atoms with Crippen molar-refractivity contribution in [2.24, 2.45) is 0 Å². The largest absolute Gasteiger partial charge is 0.491 e. The SMILES string of the molecule is Cc1nn(-c2ccccc2)c(Oc2ccccc2F)c1CN(C[C@@H](O)COc1ccccc1)C1CC1. The number of hydrogen-bond acceptors (Lipinski definition) is 5. The highest BCUT2D eigenvalue weighted by atomic mass is 19.1. The van der Waals surface area contributed by atoms with E-state index in [1.165, 1.54) is 6.07 Å². The molecule has 1 fully saturated rings. The van der Waals surface area contributed by atoms with E-state index in [1.807, 2.05) is 67.6 Å². The second kappa shape index (κ2) is 10.9. The zero-order valence-electron chi connectivity index (χ0n) is 20.3. The van der Waals surface area contributed by atoms with Crippen molar-refractivity contribution in [3.8, 4) is 23.1 Å². The minimum atomic E-state index is -0.661. The fourth-order valence-corrected chi connectivity index (χ4v) is 4.22. The summed E-state index contributed by atoms with van der Waals surface area (Å²) in [5.41, 5.74) is 2.49. The van der Waals surface area contributed by atoms with Crippen molar-refractivity contribution in [1.82, 2.24) is 14.7 Å². The molecule has 7 heteroatoms. The zero-order chi connectivity index (χ0) is 24.9. The molecule has 186 valence electrons. The van der Waals surface area contributed by atoms with Gasteiger partial charge in [0.05, 0.1) is 16.9 Å². The van der Waals surface area contributed by atoms with Crippen molar-refractivity contribution < 1.29 is 19.0 Å². The molecule has 0 spiro atoms. The van der Waals surface area contributed by atoms with Crippen LogP contribution < -0.4 is 9.47 Å². The number of nitrogens with zero attached hydrogens (tertiary/aromatic N) is 3. The first kappa shape index (κ1) is 24.0. The third-order valence-corrected chi connectivity index (χ3v) is 6.24. The lowest BCUT2D eigenvalue weighted by molar-refractivity contribution is 0.0623. The summed E-state index contributed by atoms with van der Waals surface area (Å²) in [5.74, 6) is 0.916. The van der Waals surface area contributed by atoms with Crippen LogP contribution in [0.15, 0.2) is 84.9 Å². The standard InChI is InChI=1S/C29H30FN3O3/c1-21-26(19-32(22-16-17-22)18-24(34)20-35-25-12-6-3-7-13-25)29(36-28-15-9-8-14-27(28)30)33(31-21)23-10-4-2-5-11-23/h2-15,22,24,34H,16-20H2,1H3/t24-/m1/s1. The first-order valence-electron chi connectivity index (χ1n) is 12.2. The van der Waals surface area contributed by atoms with Crippen LogP contribution in [0.1, 0.15) is 24.1 Å². The Hall–Kier alpha value is -3.68. The van der Waals surface area contributed by atoms with Crippen LogP contribution in [-0.2, 0) is 6.54 Å². The maximum atomic E-state index is 14.5. The highest BCUT2D eigenvalue weighted by molar-refractivity contribution is 5.43. The average molecular weight is 488 g/mol. The predicted octanol–water partition coefficient (Wildman–Crippen LogP) is 5.52. The molecular weight excluding hydrogens is 457 g/mol. The van der Waals surface area contributed by atoms with Crippen LogP contribution in [0.3, 0.4) is 0 Å². The fourth-order valence-electron chi connectivity index (χ4n) is 4.22. The van der Waals surface area contributed by atoms with E-state index < -0.39 is 11.9 Å².